The van der Waals surface area contributed by atoms with Crippen molar-refractivity contribution in [1.82, 2.24) is 5.32 Å². The predicted octanol–water partition coefficient (Wildman–Crippen LogP) is 2.03. The molecule has 1 aliphatic heterocycles. The van der Waals surface area contributed by atoms with Crippen molar-refractivity contribution in [3.63, 3.8) is 0 Å². The molecule has 4 heteroatoms. The van der Waals surface area contributed by atoms with E-state index in [1.807, 2.05) is 6.92 Å². The molecule has 1 amide bonds. The minimum absolute atomic E-state index is 0.0232. The van der Waals surface area contributed by atoms with Crippen LogP contribution in [0.25, 0.3) is 0 Å². The first kappa shape index (κ1) is 13.0. The molecule has 1 aromatic carbocycles. The average Bonchev–Trinajstić information content (AvgIpc) is 2.78. The van der Waals surface area contributed by atoms with Crippen LogP contribution in [0.4, 0.5) is 10.1 Å². The van der Waals surface area contributed by atoms with Crippen molar-refractivity contribution in [1.29, 1.82) is 0 Å². The standard InChI is InChI=1S/C14H19FN2O/c1-3-17(12-6-4-11(15)5-7-12)14(18)13-9-16-8-10(13)2/h4-7,10,13,16H,3,8-9H2,1-2H3/t10-,13-/m1/s1. The lowest BCUT2D eigenvalue weighted by Gasteiger charge is -2.25. The molecule has 0 aromatic heterocycles. The topological polar surface area (TPSA) is 32.3 Å². The van der Waals surface area contributed by atoms with Gasteiger partial charge in [-0.1, -0.05) is 6.92 Å². The van der Waals surface area contributed by atoms with E-state index in [2.05, 4.69) is 12.2 Å². The fourth-order valence-electron chi connectivity index (χ4n) is 2.43. The first-order chi connectivity index (χ1) is 8.63. The van der Waals surface area contributed by atoms with E-state index >= 15 is 0 Å². The Morgan fingerprint density at radius 2 is 2.06 bits per heavy atom. The molecule has 1 fully saturated rings. The van der Waals surface area contributed by atoms with Gasteiger partial charge in [0.25, 0.3) is 0 Å². The van der Waals surface area contributed by atoms with Crippen LogP contribution in [-0.4, -0.2) is 25.5 Å². The number of anilines is 1. The van der Waals surface area contributed by atoms with E-state index in [1.165, 1.54) is 12.1 Å². The van der Waals surface area contributed by atoms with E-state index in [1.54, 1.807) is 17.0 Å². The zero-order chi connectivity index (χ0) is 13.1. The number of nitrogens with one attached hydrogen (secondary N) is 1. The summed E-state index contributed by atoms with van der Waals surface area (Å²) >= 11 is 0. The molecule has 98 valence electrons. The van der Waals surface area contributed by atoms with Gasteiger partial charge in [0.1, 0.15) is 5.82 Å². The molecule has 1 N–H and O–H groups in total. The summed E-state index contributed by atoms with van der Waals surface area (Å²) < 4.78 is 12.9. The van der Waals surface area contributed by atoms with Crippen molar-refractivity contribution in [2.75, 3.05) is 24.5 Å². The van der Waals surface area contributed by atoms with Gasteiger partial charge in [0.05, 0.1) is 5.92 Å². The summed E-state index contributed by atoms with van der Waals surface area (Å²) in [6.07, 6.45) is 0. The lowest BCUT2D eigenvalue weighted by Crippen LogP contribution is -2.38. The average molecular weight is 250 g/mol. The maximum absolute atomic E-state index is 12.9. The quantitative estimate of drug-likeness (QED) is 0.890. The van der Waals surface area contributed by atoms with Crippen molar-refractivity contribution in [2.45, 2.75) is 13.8 Å². The molecule has 1 heterocycles. The number of hydrogen-bond acceptors (Lipinski definition) is 2. The molecule has 0 saturated carbocycles. The highest BCUT2D eigenvalue weighted by atomic mass is 19.1. The van der Waals surface area contributed by atoms with Crippen molar-refractivity contribution < 1.29 is 9.18 Å². The fraction of sp³-hybridized carbons (Fsp3) is 0.500. The first-order valence-corrected chi connectivity index (χ1v) is 6.41. The number of benzene rings is 1. The molecule has 1 aromatic rings. The number of rotatable bonds is 3. The van der Waals surface area contributed by atoms with Crippen molar-refractivity contribution in [3.8, 4) is 0 Å². The zero-order valence-electron chi connectivity index (χ0n) is 10.8. The van der Waals surface area contributed by atoms with Crippen LogP contribution >= 0.6 is 0 Å². The SMILES string of the molecule is CCN(C(=O)[C@@H]1CNC[C@H]1C)c1ccc(F)cc1. The summed E-state index contributed by atoms with van der Waals surface area (Å²) in [5.41, 5.74) is 0.767. The summed E-state index contributed by atoms with van der Waals surface area (Å²) in [6.45, 7) is 6.25. The molecule has 2 atom stereocenters. The van der Waals surface area contributed by atoms with E-state index in [-0.39, 0.29) is 17.6 Å². The number of carbonyl (C=O) groups excluding carboxylic acids is 1. The maximum Gasteiger partial charge on any atom is 0.231 e. The van der Waals surface area contributed by atoms with E-state index in [4.69, 9.17) is 0 Å². The highest BCUT2D eigenvalue weighted by molar-refractivity contribution is 5.95. The third kappa shape index (κ3) is 2.53. The molecule has 0 unspecified atom stereocenters. The van der Waals surface area contributed by atoms with Crippen LogP contribution in [0.2, 0.25) is 0 Å². The van der Waals surface area contributed by atoms with Crippen LogP contribution in [0.1, 0.15) is 13.8 Å². The smallest absolute Gasteiger partial charge is 0.231 e. The first-order valence-electron chi connectivity index (χ1n) is 6.41. The molecule has 0 radical (unpaired) electrons. The largest absolute Gasteiger partial charge is 0.316 e. The van der Waals surface area contributed by atoms with Gasteiger partial charge in [-0.05, 0) is 43.7 Å². The zero-order valence-corrected chi connectivity index (χ0v) is 10.8. The molecule has 0 spiro atoms. The molecule has 3 nitrogen and oxygen atoms in total. The summed E-state index contributed by atoms with van der Waals surface area (Å²) in [7, 11) is 0. The fourth-order valence-corrected chi connectivity index (χ4v) is 2.43. The molecule has 0 aliphatic carbocycles. The molecular weight excluding hydrogens is 231 g/mol. The third-order valence-electron chi connectivity index (χ3n) is 3.56. The van der Waals surface area contributed by atoms with E-state index in [0.717, 1.165) is 18.8 Å². The second kappa shape index (κ2) is 5.48. The maximum atomic E-state index is 12.9. The van der Waals surface area contributed by atoms with Gasteiger partial charge in [0.2, 0.25) is 5.91 Å². The molecule has 1 saturated heterocycles. The van der Waals surface area contributed by atoms with Gasteiger partial charge in [-0.15, -0.1) is 0 Å². The predicted molar refractivity (Wildman–Crippen MR) is 70.0 cm³/mol. The molecule has 1 aliphatic rings. The van der Waals surface area contributed by atoms with Gasteiger partial charge in [-0.25, -0.2) is 4.39 Å². The molecular formula is C14H19FN2O. The van der Waals surface area contributed by atoms with Crippen molar-refractivity contribution in [3.05, 3.63) is 30.1 Å². The Kier molecular flexibility index (Phi) is 3.97. The van der Waals surface area contributed by atoms with Gasteiger partial charge < -0.3 is 10.2 Å². The van der Waals surface area contributed by atoms with Crippen LogP contribution in [-0.2, 0) is 4.79 Å². The highest BCUT2D eigenvalue weighted by Crippen LogP contribution is 2.23. The Balaban J connectivity index is 2.17. The Bertz CT molecular complexity index is 418. The van der Waals surface area contributed by atoms with Crippen LogP contribution in [0.5, 0.6) is 0 Å². The van der Waals surface area contributed by atoms with Crippen molar-refractivity contribution >= 4 is 11.6 Å². The highest BCUT2D eigenvalue weighted by Gasteiger charge is 2.32. The van der Waals surface area contributed by atoms with Gasteiger partial charge >= 0.3 is 0 Å². The lowest BCUT2D eigenvalue weighted by atomic mass is 9.96. The second-order valence-electron chi connectivity index (χ2n) is 4.80. The van der Waals surface area contributed by atoms with Crippen molar-refractivity contribution in [2.24, 2.45) is 11.8 Å². The summed E-state index contributed by atoms with van der Waals surface area (Å²) in [4.78, 5) is 14.2. The minimum atomic E-state index is -0.279. The molecule has 2 rings (SSSR count). The van der Waals surface area contributed by atoms with E-state index in [0.29, 0.717) is 12.5 Å². The number of nitrogens with zero attached hydrogens (tertiary/aromatic N) is 1. The number of hydrogen-bond donors (Lipinski definition) is 1. The Labute approximate surface area is 107 Å². The Hall–Kier alpha value is -1.42. The normalized spacial score (nSPS) is 23.1. The monoisotopic (exact) mass is 250 g/mol. The lowest BCUT2D eigenvalue weighted by molar-refractivity contribution is -0.122. The van der Waals surface area contributed by atoms with Gasteiger partial charge in [-0.3, -0.25) is 4.79 Å². The second-order valence-corrected chi connectivity index (χ2v) is 4.80. The van der Waals surface area contributed by atoms with Crippen LogP contribution in [0.3, 0.4) is 0 Å². The van der Waals surface area contributed by atoms with Gasteiger partial charge in [0.15, 0.2) is 0 Å². The number of carbonyl (C=O) groups is 1. The van der Waals surface area contributed by atoms with Crippen LogP contribution in [0.15, 0.2) is 24.3 Å². The Morgan fingerprint density at radius 1 is 1.39 bits per heavy atom. The summed E-state index contributed by atoms with van der Waals surface area (Å²) in [6, 6.07) is 6.09. The number of amides is 1. The van der Waals surface area contributed by atoms with Crippen LogP contribution in [0, 0.1) is 17.7 Å². The van der Waals surface area contributed by atoms with Gasteiger partial charge in [0, 0.05) is 18.8 Å². The van der Waals surface area contributed by atoms with E-state index in [9.17, 15) is 9.18 Å². The molecule has 0 bridgehead atoms. The molecule has 18 heavy (non-hydrogen) atoms. The summed E-state index contributed by atoms with van der Waals surface area (Å²) in [5, 5.41) is 3.24. The van der Waals surface area contributed by atoms with Gasteiger partial charge in [-0.2, -0.15) is 0 Å². The Morgan fingerprint density at radius 3 is 2.56 bits per heavy atom. The van der Waals surface area contributed by atoms with E-state index < -0.39 is 0 Å². The minimum Gasteiger partial charge on any atom is -0.316 e. The van der Waals surface area contributed by atoms with Crippen LogP contribution < -0.4 is 10.2 Å². The summed E-state index contributed by atoms with van der Waals surface area (Å²) in [5.74, 6) is 0.224. The number of halogens is 1. The third-order valence-corrected chi connectivity index (χ3v) is 3.56.